The Morgan fingerprint density at radius 2 is 1.90 bits per heavy atom. The van der Waals surface area contributed by atoms with Gasteiger partial charge < -0.3 is 9.57 Å². The highest BCUT2D eigenvalue weighted by atomic mass is 32.2. The summed E-state index contributed by atoms with van der Waals surface area (Å²) in [4.78, 5) is 17.6. The molecule has 3 saturated carbocycles. The Hall–Kier alpha value is -0.990. The predicted octanol–water partition coefficient (Wildman–Crippen LogP) is 3.34. The average molecular weight is 441 g/mol. The van der Waals surface area contributed by atoms with Gasteiger partial charge in [-0.05, 0) is 42.9 Å². The summed E-state index contributed by atoms with van der Waals surface area (Å²) < 4.78 is 33.4. The molecule has 4 rings (SSSR count). The van der Waals surface area contributed by atoms with E-state index in [1.54, 1.807) is 4.31 Å². The van der Waals surface area contributed by atoms with Crippen molar-refractivity contribution in [2.75, 3.05) is 32.1 Å². The minimum Gasteiger partial charge on any atom is -0.379 e. The molecule has 4 aliphatic rings. The molecule has 2 unspecified atom stereocenters. The molecule has 2 bridgehead atoms. The Kier molecular flexibility index (Phi) is 6.30. The van der Waals surface area contributed by atoms with Gasteiger partial charge in [-0.3, -0.25) is 0 Å². The molecule has 0 aromatic heterocycles. The van der Waals surface area contributed by atoms with Crippen LogP contribution in [0.15, 0.2) is 5.16 Å². The Bertz CT molecular complexity index is 781. The molecule has 0 spiro atoms. The first-order valence-electron chi connectivity index (χ1n) is 11.6. The number of hydrogen-bond donors (Lipinski definition) is 0. The van der Waals surface area contributed by atoms with Crippen molar-refractivity contribution in [3.8, 4) is 0 Å². The summed E-state index contributed by atoms with van der Waals surface area (Å²) >= 11 is 0. The zero-order valence-electron chi connectivity index (χ0n) is 18.4. The summed E-state index contributed by atoms with van der Waals surface area (Å²) in [6, 6.07) is 0. The second-order valence-corrected chi connectivity index (χ2v) is 12.2. The van der Waals surface area contributed by atoms with Gasteiger partial charge in [0.2, 0.25) is 10.0 Å². The van der Waals surface area contributed by atoms with Crippen LogP contribution in [-0.2, 0) is 24.4 Å². The smallest absolute Gasteiger partial charge is 0.335 e. The summed E-state index contributed by atoms with van der Waals surface area (Å²) in [5, 5.41) is 4.31. The zero-order valence-corrected chi connectivity index (χ0v) is 19.2. The van der Waals surface area contributed by atoms with E-state index in [9.17, 15) is 13.2 Å². The number of fused-ring (bicyclic) bond motifs is 2. The minimum atomic E-state index is -3.44. The maximum Gasteiger partial charge on any atom is 0.335 e. The Labute approximate surface area is 180 Å². The molecule has 1 saturated heterocycles. The standard InChI is InChI=1S/C22H36N2O5S/c1-21(2)18-9-10-22(21,16-30(26,27)24-11-13-28-14-12-24)19(15-18)23-29-20(25)8-7-17-5-3-4-6-17/h17-18H,3-16H2,1-2H3/b23-19+. The van der Waals surface area contributed by atoms with Gasteiger partial charge in [0, 0.05) is 24.9 Å². The van der Waals surface area contributed by atoms with E-state index in [1.807, 2.05) is 0 Å². The van der Waals surface area contributed by atoms with E-state index in [0.29, 0.717) is 44.6 Å². The van der Waals surface area contributed by atoms with Crippen molar-refractivity contribution in [3.05, 3.63) is 0 Å². The molecule has 170 valence electrons. The van der Waals surface area contributed by atoms with E-state index in [-0.39, 0.29) is 17.1 Å². The van der Waals surface area contributed by atoms with Crippen LogP contribution in [-0.4, -0.2) is 56.5 Å². The van der Waals surface area contributed by atoms with Crippen LogP contribution in [0.1, 0.15) is 71.6 Å². The normalized spacial score (nSPS) is 33.4. The number of carbonyl (C=O) groups excluding carboxylic acids is 1. The first-order chi connectivity index (χ1) is 14.2. The highest BCUT2D eigenvalue weighted by molar-refractivity contribution is 7.89. The summed E-state index contributed by atoms with van der Waals surface area (Å²) in [5.74, 6) is 0.772. The topological polar surface area (TPSA) is 85.3 Å². The quantitative estimate of drug-likeness (QED) is 0.448. The second-order valence-electron chi connectivity index (χ2n) is 10.2. The van der Waals surface area contributed by atoms with E-state index < -0.39 is 15.4 Å². The maximum absolute atomic E-state index is 13.3. The van der Waals surface area contributed by atoms with Crippen molar-refractivity contribution in [2.45, 2.75) is 71.6 Å². The van der Waals surface area contributed by atoms with Crippen molar-refractivity contribution < 1.29 is 22.8 Å². The molecule has 8 heteroatoms. The Morgan fingerprint density at radius 3 is 2.57 bits per heavy atom. The Balaban J connectivity index is 1.47. The maximum atomic E-state index is 13.3. The molecule has 30 heavy (non-hydrogen) atoms. The van der Waals surface area contributed by atoms with E-state index in [0.717, 1.165) is 31.4 Å². The number of carbonyl (C=O) groups is 1. The van der Waals surface area contributed by atoms with E-state index >= 15 is 0 Å². The van der Waals surface area contributed by atoms with Crippen molar-refractivity contribution in [1.82, 2.24) is 4.31 Å². The summed E-state index contributed by atoms with van der Waals surface area (Å²) in [6.07, 6.45) is 8.72. The minimum absolute atomic E-state index is 0.0436. The molecular weight excluding hydrogens is 404 g/mol. The molecule has 0 amide bonds. The number of rotatable bonds is 7. The van der Waals surface area contributed by atoms with Gasteiger partial charge in [0.1, 0.15) is 0 Å². The van der Waals surface area contributed by atoms with Crippen molar-refractivity contribution in [3.63, 3.8) is 0 Å². The number of nitrogens with zero attached hydrogens (tertiary/aromatic N) is 2. The predicted molar refractivity (Wildman–Crippen MR) is 114 cm³/mol. The molecule has 3 aliphatic carbocycles. The van der Waals surface area contributed by atoms with Crippen LogP contribution in [0.5, 0.6) is 0 Å². The van der Waals surface area contributed by atoms with Crippen LogP contribution >= 0.6 is 0 Å². The van der Waals surface area contributed by atoms with Crippen LogP contribution < -0.4 is 0 Å². The lowest BCUT2D eigenvalue weighted by Gasteiger charge is -2.39. The fourth-order valence-corrected chi connectivity index (χ4v) is 8.46. The van der Waals surface area contributed by atoms with Gasteiger partial charge in [-0.1, -0.05) is 44.7 Å². The molecule has 0 aromatic carbocycles. The lowest BCUT2D eigenvalue weighted by atomic mass is 9.70. The van der Waals surface area contributed by atoms with E-state index in [2.05, 4.69) is 19.0 Å². The van der Waals surface area contributed by atoms with Gasteiger partial charge in [-0.25, -0.2) is 13.2 Å². The summed E-state index contributed by atoms with van der Waals surface area (Å²) in [5.41, 5.74) is 0.0388. The number of hydrogen-bond acceptors (Lipinski definition) is 6. The highest BCUT2D eigenvalue weighted by Crippen LogP contribution is 2.64. The number of sulfonamides is 1. The van der Waals surface area contributed by atoms with Crippen molar-refractivity contribution >= 4 is 21.7 Å². The van der Waals surface area contributed by atoms with E-state index in [1.165, 1.54) is 25.7 Å². The van der Waals surface area contributed by atoms with Crippen LogP contribution in [0.3, 0.4) is 0 Å². The van der Waals surface area contributed by atoms with Gasteiger partial charge in [0.15, 0.2) is 0 Å². The van der Waals surface area contributed by atoms with Crippen LogP contribution in [0.2, 0.25) is 0 Å². The molecule has 4 fully saturated rings. The highest BCUT2D eigenvalue weighted by Gasteiger charge is 2.64. The van der Waals surface area contributed by atoms with Gasteiger partial charge in [0.25, 0.3) is 0 Å². The molecule has 1 aliphatic heterocycles. The monoisotopic (exact) mass is 440 g/mol. The molecule has 1 heterocycles. The van der Waals surface area contributed by atoms with Crippen LogP contribution in [0.25, 0.3) is 0 Å². The SMILES string of the molecule is CC1(C)C2CCC1(CS(=O)(=O)N1CCOCC1)/C(=N/OC(=O)CCC1CCCC1)C2. The fourth-order valence-electron chi connectivity index (χ4n) is 6.26. The van der Waals surface area contributed by atoms with Crippen LogP contribution in [0.4, 0.5) is 0 Å². The molecule has 0 aromatic rings. The van der Waals surface area contributed by atoms with Crippen molar-refractivity contribution in [2.24, 2.45) is 27.8 Å². The first kappa shape index (κ1) is 22.2. The van der Waals surface area contributed by atoms with Gasteiger partial charge >= 0.3 is 5.97 Å². The third-order valence-corrected chi connectivity index (χ3v) is 10.5. The first-order valence-corrected chi connectivity index (χ1v) is 13.2. The lowest BCUT2D eigenvalue weighted by molar-refractivity contribution is -0.144. The second kappa shape index (κ2) is 8.51. The van der Waals surface area contributed by atoms with Gasteiger partial charge in [0.05, 0.1) is 24.7 Å². The molecular formula is C22H36N2O5S. The number of morpholine rings is 1. The van der Waals surface area contributed by atoms with Gasteiger partial charge in [-0.2, -0.15) is 4.31 Å². The molecule has 0 radical (unpaired) electrons. The largest absolute Gasteiger partial charge is 0.379 e. The third-order valence-electron chi connectivity index (χ3n) is 8.45. The fraction of sp³-hybridized carbons (Fsp3) is 0.909. The number of ether oxygens (including phenoxy) is 1. The third kappa shape index (κ3) is 4.07. The van der Waals surface area contributed by atoms with Crippen LogP contribution in [0, 0.1) is 22.7 Å². The average Bonchev–Trinajstić information content (AvgIpc) is 3.37. The zero-order chi connectivity index (χ0) is 21.4. The van der Waals surface area contributed by atoms with Gasteiger partial charge in [-0.15, -0.1) is 0 Å². The summed E-state index contributed by atoms with van der Waals surface area (Å²) in [7, 11) is -3.44. The lowest BCUT2D eigenvalue weighted by Crippen LogP contribution is -2.49. The van der Waals surface area contributed by atoms with Crippen molar-refractivity contribution in [1.29, 1.82) is 0 Å². The number of oxime groups is 1. The molecule has 7 nitrogen and oxygen atoms in total. The summed E-state index contributed by atoms with van der Waals surface area (Å²) in [6.45, 7) is 6.01. The molecule has 0 N–H and O–H groups in total. The molecule has 2 atom stereocenters. The van der Waals surface area contributed by atoms with E-state index in [4.69, 9.17) is 9.57 Å². The Morgan fingerprint density at radius 1 is 1.20 bits per heavy atom.